The van der Waals surface area contributed by atoms with Crippen LogP contribution < -0.4 is 4.74 Å². The molecule has 2 rings (SSSR count). The van der Waals surface area contributed by atoms with Crippen molar-refractivity contribution in [2.24, 2.45) is 0 Å². The highest BCUT2D eigenvalue weighted by Gasteiger charge is 2.19. The van der Waals surface area contributed by atoms with Gasteiger partial charge in [0.05, 0.1) is 12.5 Å². The summed E-state index contributed by atoms with van der Waals surface area (Å²) in [5.41, 5.74) is 1.87. The number of hydrogen-bond donors (Lipinski definition) is 1. The van der Waals surface area contributed by atoms with Crippen LogP contribution in [0.5, 0.6) is 5.75 Å². The van der Waals surface area contributed by atoms with Gasteiger partial charge in [-0.1, -0.05) is 42.0 Å². The van der Waals surface area contributed by atoms with Crippen LogP contribution in [0, 0.1) is 12.7 Å². The van der Waals surface area contributed by atoms with E-state index in [2.05, 4.69) is 0 Å². The SMILES string of the molecule is Cc1ccc(C(CCCOc2ccccc2F)C(=O)O)cc1. The normalized spacial score (nSPS) is 11.9. The van der Waals surface area contributed by atoms with Crippen molar-refractivity contribution in [3.8, 4) is 5.75 Å². The van der Waals surface area contributed by atoms with E-state index < -0.39 is 17.7 Å². The molecule has 0 aliphatic carbocycles. The number of benzene rings is 2. The molecule has 0 radical (unpaired) electrons. The maximum atomic E-state index is 13.4. The van der Waals surface area contributed by atoms with Crippen LogP contribution in [0.2, 0.25) is 0 Å². The van der Waals surface area contributed by atoms with Gasteiger partial charge in [0.15, 0.2) is 11.6 Å². The van der Waals surface area contributed by atoms with Crippen LogP contribution in [0.4, 0.5) is 4.39 Å². The third-order valence-electron chi connectivity index (χ3n) is 3.51. The Hall–Kier alpha value is -2.36. The molecule has 0 spiro atoms. The van der Waals surface area contributed by atoms with Crippen LogP contribution in [0.25, 0.3) is 0 Å². The summed E-state index contributed by atoms with van der Waals surface area (Å²) in [5.74, 6) is -1.62. The van der Waals surface area contributed by atoms with Gasteiger partial charge in [0.1, 0.15) is 0 Å². The number of hydrogen-bond acceptors (Lipinski definition) is 2. The number of ether oxygens (including phenoxy) is 1. The molecule has 1 unspecified atom stereocenters. The highest BCUT2D eigenvalue weighted by molar-refractivity contribution is 5.76. The van der Waals surface area contributed by atoms with Crippen molar-refractivity contribution in [2.75, 3.05) is 6.61 Å². The molecule has 0 saturated heterocycles. The number of rotatable bonds is 7. The minimum Gasteiger partial charge on any atom is -0.491 e. The monoisotopic (exact) mass is 302 g/mol. The molecular weight excluding hydrogens is 283 g/mol. The summed E-state index contributed by atoms with van der Waals surface area (Å²) >= 11 is 0. The molecule has 1 N–H and O–H groups in total. The second kappa shape index (κ2) is 7.59. The Kier molecular flexibility index (Phi) is 5.53. The first-order valence-electron chi connectivity index (χ1n) is 7.24. The lowest BCUT2D eigenvalue weighted by Crippen LogP contribution is -2.13. The van der Waals surface area contributed by atoms with E-state index in [0.29, 0.717) is 12.8 Å². The molecule has 0 aliphatic heterocycles. The average molecular weight is 302 g/mol. The second-order valence-electron chi connectivity index (χ2n) is 5.22. The van der Waals surface area contributed by atoms with E-state index in [4.69, 9.17) is 4.74 Å². The van der Waals surface area contributed by atoms with Crippen LogP contribution in [0.3, 0.4) is 0 Å². The number of halogens is 1. The van der Waals surface area contributed by atoms with Crippen LogP contribution in [0.1, 0.15) is 29.9 Å². The van der Waals surface area contributed by atoms with Gasteiger partial charge in [0.25, 0.3) is 0 Å². The molecule has 0 fully saturated rings. The first-order valence-corrected chi connectivity index (χ1v) is 7.24. The number of carbonyl (C=O) groups is 1. The lowest BCUT2D eigenvalue weighted by molar-refractivity contribution is -0.139. The van der Waals surface area contributed by atoms with Crippen molar-refractivity contribution in [2.45, 2.75) is 25.7 Å². The summed E-state index contributed by atoms with van der Waals surface area (Å²) in [6.07, 6.45) is 0.992. The molecule has 2 aromatic rings. The van der Waals surface area contributed by atoms with Crippen LogP contribution >= 0.6 is 0 Å². The van der Waals surface area contributed by atoms with Gasteiger partial charge >= 0.3 is 5.97 Å². The summed E-state index contributed by atoms with van der Waals surface area (Å²) in [7, 11) is 0. The largest absolute Gasteiger partial charge is 0.491 e. The summed E-state index contributed by atoms with van der Waals surface area (Å²) in [5, 5.41) is 9.36. The highest BCUT2D eigenvalue weighted by atomic mass is 19.1. The second-order valence-corrected chi connectivity index (χ2v) is 5.22. The Morgan fingerprint density at radius 2 is 1.86 bits per heavy atom. The van der Waals surface area contributed by atoms with Gasteiger partial charge in [-0.3, -0.25) is 4.79 Å². The zero-order valence-electron chi connectivity index (χ0n) is 12.5. The van der Waals surface area contributed by atoms with Gasteiger partial charge in [-0.25, -0.2) is 4.39 Å². The quantitative estimate of drug-likeness (QED) is 0.781. The van der Waals surface area contributed by atoms with E-state index in [0.717, 1.165) is 11.1 Å². The lowest BCUT2D eigenvalue weighted by atomic mass is 9.94. The van der Waals surface area contributed by atoms with Crippen LogP contribution in [0.15, 0.2) is 48.5 Å². The fourth-order valence-electron chi connectivity index (χ4n) is 2.26. The van der Waals surface area contributed by atoms with Gasteiger partial charge in [0, 0.05) is 0 Å². The highest BCUT2D eigenvalue weighted by Crippen LogP contribution is 2.23. The number of carboxylic acids is 1. The molecule has 1 atom stereocenters. The zero-order chi connectivity index (χ0) is 15.9. The molecule has 0 saturated carbocycles. The Balaban J connectivity index is 1.89. The molecule has 22 heavy (non-hydrogen) atoms. The lowest BCUT2D eigenvalue weighted by Gasteiger charge is -2.13. The number of carboxylic acid groups (broad SMARTS) is 1. The number of aliphatic carboxylic acids is 1. The van der Waals surface area contributed by atoms with Crippen molar-refractivity contribution >= 4 is 5.97 Å². The molecule has 0 heterocycles. The minimum absolute atomic E-state index is 0.199. The molecular formula is C18H19FO3. The van der Waals surface area contributed by atoms with E-state index >= 15 is 0 Å². The van der Waals surface area contributed by atoms with Crippen molar-refractivity contribution in [3.63, 3.8) is 0 Å². The Labute approximate surface area is 129 Å². The first kappa shape index (κ1) is 16.0. The minimum atomic E-state index is -0.852. The van der Waals surface area contributed by atoms with E-state index in [-0.39, 0.29) is 12.4 Å². The molecule has 0 aromatic heterocycles. The molecule has 0 amide bonds. The van der Waals surface area contributed by atoms with E-state index in [1.807, 2.05) is 31.2 Å². The van der Waals surface area contributed by atoms with Gasteiger partial charge in [-0.2, -0.15) is 0 Å². The molecule has 0 bridgehead atoms. The zero-order valence-corrected chi connectivity index (χ0v) is 12.5. The molecule has 0 aliphatic rings. The predicted molar refractivity (Wildman–Crippen MR) is 82.7 cm³/mol. The van der Waals surface area contributed by atoms with Crippen molar-refractivity contribution < 1.29 is 19.0 Å². The fraction of sp³-hybridized carbons (Fsp3) is 0.278. The van der Waals surface area contributed by atoms with Gasteiger partial charge in [0.2, 0.25) is 0 Å². The van der Waals surface area contributed by atoms with Gasteiger partial charge in [-0.15, -0.1) is 0 Å². The molecule has 2 aromatic carbocycles. The van der Waals surface area contributed by atoms with E-state index in [1.165, 1.54) is 6.07 Å². The maximum absolute atomic E-state index is 13.4. The number of aryl methyl sites for hydroxylation is 1. The summed E-state index contributed by atoms with van der Waals surface area (Å²) < 4.78 is 18.7. The predicted octanol–water partition coefficient (Wildman–Crippen LogP) is 4.16. The number of para-hydroxylation sites is 1. The van der Waals surface area contributed by atoms with Crippen molar-refractivity contribution in [1.29, 1.82) is 0 Å². The summed E-state index contributed by atoms with van der Waals surface area (Å²) in [6.45, 7) is 2.25. The third kappa shape index (κ3) is 4.32. The standard InChI is InChI=1S/C18H19FO3/c1-13-8-10-14(11-9-13)15(18(20)21)5-4-12-22-17-7-3-2-6-16(17)19/h2-3,6-11,15H,4-5,12H2,1H3,(H,20,21). The summed E-state index contributed by atoms with van der Waals surface area (Å²) in [6, 6.07) is 13.7. The van der Waals surface area contributed by atoms with E-state index in [1.54, 1.807) is 18.2 Å². The molecule has 3 nitrogen and oxygen atoms in total. The first-order chi connectivity index (χ1) is 10.6. The van der Waals surface area contributed by atoms with E-state index in [9.17, 15) is 14.3 Å². The van der Waals surface area contributed by atoms with Gasteiger partial charge < -0.3 is 9.84 Å². The van der Waals surface area contributed by atoms with Gasteiger partial charge in [-0.05, 0) is 37.5 Å². The molecule has 116 valence electrons. The molecule has 4 heteroatoms. The Morgan fingerprint density at radius 3 is 2.50 bits per heavy atom. The topological polar surface area (TPSA) is 46.5 Å². The smallest absolute Gasteiger partial charge is 0.310 e. The van der Waals surface area contributed by atoms with Crippen LogP contribution in [-0.4, -0.2) is 17.7 Å². The van der Waals surface area contributed by atoms with Crippen molar-refractivity contribution in [1.82, 2.24) is 0 Å². The fourth-order valence-corrected chi connectivity index (χ4v) is 2.26. The Morgan fingerprint density at radius 1 is 1.18 bits per heavy atom. The maximum Gasteiger partial charge on any atom is 0.310 e. The van der Waals surface area contributed by atoms with Crippen molar-refractivity contribution in [3.05, 3.63) is 65.5 Å². The van der Waals surface area contributed by atoms with Crippen LogP contribution in [-0.2, 0) is 4.79 Å². The third-order valence-corrected chi connectivity index (χ3v) is 3.51. The summed E-state index contributed by atoms with van der Waals surface area (Å²) in [4.78, 5) is 11.4. The Bertz CT molecular complexity index is 622. The average Bonchev–Trinajstić information content (AvgIpc) is 2.50.